The van der Waals surface area contributed by atoms with E-state index in [0.29, 0.717) is 12.8 Å². The van der Waals surface area contributed by atoms with E-state index in [9.17, 15) is 19.0 Å². The molecule has 0 saturated carbocycles. The number of carbonyl (C=O) groups is 2. The van der Waals surface area contributed by atoms with Gasteiger partial charge in [0.2, 0.25) is 0 Å². The molecule has 1 unspecified atom stereocenters. The van der Waals surface area contributed by atoms with Gasteiger partial charge in [0, 0.05) is 19.4 Å². The van der Waals surface area contributed by atoms with E-state index in [1.807, 2.05) is 18.2 Å². The minimum absolute atomic E-state index is 0.0340. The van der Waals surface area contributed by atoms with Gasteiger partial charge in [-0.3, -0.25) is 18.6 Å². The lowest BCUT2D eigenvalue weighted by Gasteiger charge is -2.19. The molecule has 314 valence electrons. The van der Waals surface area contributed by atoms with Crippen LogP contribution in [-0.4, -0.2) is 49.3 Å². The second-order valence-electron chi connectivity index (χ2n) is 13.5. The predicted octanol–water partition coefficient (Wildman–Crippen LogP) is 12.0. The molecule has 0 saturated heterocycles. The van der Waals surface area contributed by atoms with Gasteiger partial charge in [0.15, 0.2) is 6.10 Å². The van der Waals surface area contributed by atoms with Gasteiger partial charge in [-0.2, -0.15) is 0 Å². The number of phosphoric ester groups is 1. The highest BCUT2D eigenvalue weighted by molar-refractivity contribution is 7.47. The summed E-state index contributed by atoms with van der Waals surface area (Å²) < 4.78 is 32.6. The third-order valence-electron chi connectivity index (χ3n) is 8.29. The monoisotopic (exact) mass is 790 g/mol. The van der Waals surface area contributed by atoms with Crippen LogP contribution in [0.5, 0.6) is 0 Å². The number of ether oxygens (including phenoxy) is 2. The largest absolute Gasteiger partial charge is 0.472 e. The molecular formula is C45H76NO8P. The average molecular weight is 790 g/mol. The number of esters is 2. The first-order valence-corrected chi connectivity index (χ1v) is 22.6. The second-order valence-corrected chi connectivity index (χ2v) is 14.9. The van der Waals surface area contributed by atoms with Gasteiger partial charge >= 0.3 is 19.8 Å². The summed E-state index contributed by atoms with van der Waals surface area (Å²) in [6.07, 6.45) is 50.7. The molecule has 55 heavy (non-hydrogen) atoms. The lowest BCUT2D eigenvalue weighted by Crippen LogP contribution is -2.29. The number of hydrogen-bond donors (Lipinski definition) is 2. The van der Waals surface area contributed by atoms with Crippen molar-refractivity contribution >= 4 is 19.8 Å². The average Bonchev–Trinajstić information content (AvgIpc) is 3.17. The minimum Gasteiger partial charge on any atom is -0.462 e. The topological polar surface area (TPSA) is 134 Å². The van der Waals surface area contributed by atoms with Crippen LogP contribution in [0.2, 0.25) is 0 Å². The van der Waals surface area contributed by atoms with Crippen LogP contribution < -0.4 is 5.73 Å². The summed E-state index contributed by atoms with van der Waals surface area (Å²) in [5.74, 6) is -0.991. The number of hydrogen-bond acceptors (Lipinski definition) is 8. The van der Waals surface area contributed by atoms with Crippen LogP contribution in [0, 0.1) is 0 Å². The quantitative estimate of drug-likeness (QED) is 0.0271. The fourth-order valence-electron chi connectivity index (χ4n) is 5.21. The zero-order valence-electron chi connectivity index (χ0n) is 34.4. The summed E-state index contributed by atoms with van der Waals surface area (Å²) in [5.41, 5.74) is 5.33. The smallest absolute Gasteiger partial charge is 0.462 e. The van der Waals surface area contributed by atoms with Crippen molar-refractivity contribution in [2.45, 2.75) is 161 Å². The van der Waals surface area contributed by atoms with Crippen LogP contribution in [-0.2, 0) is 32.7 Å². The van der Waals surface area contributed by atoms with E-state index in [-0.39, 0.29) is 32.6 Å². The zero-order chi connectivity index (χ0) is 40.3. The molecule has 0 aliphatic heterocycles. The van der Waals surface area contributed by atoms with E-state index in [0.717, 1.165) is 51.4 Å². The number of nitrogens with two attached hydrogens (primary N) is 1. The molecule has 0 radical (unpaired) electrons. The highest BCUT2D eigenvalue weighted by Crippen LogP contribution is 2.43. The fourth-order valence-corrected chi connectivity index (χ4v) is 5.97. The molecule has 0 bridgehead atoms. The van der Waals surface area contributed by atoms with Gasteiger partial charge in [-0.05, 0) is 64.2 Å². The van der Waals surface area contributed by atoms with Gasteiger partial charge < -0.3 is 20.1 Å². The SMILES string of the molecule is CC/C=C/C/C=C/C/C=C/C/C=C/C/C=C/C/C=C/CCC(=O)O[C@H](COC(=O)CC/C=C/CCCCCCCCCCCCC)COP(=O)(O)OCCN. The number of allylic oxidation sites excluding steroid dienone is 14. The van der Waals surface area contributed by atoms with Crippen molar-refractivity contribution in [3.05, 3.63) is 85.1 Å². The van der Waals surface area contributed by atoms with Crippen molar-refractivity contribution in [1.29, 1.82) is 0 Å². The first kappa shape index (κ1) is 52.2. The molecule has 0 spiro atoms. The first-order valence-electron chi connectivity index (χ1n) is 21.1. The number of rotatable bonds is 38. The summed E-state index contributed by atoms with van der Waals surface area (Å²) in [4.78, 5) is 34.8. The van der Waals surface area contributed by atoms with Gasteiger partial charge in [0.1, 0.15) is 6.61 Å². The first-order chi connectivity index (χ1) is 26.8. The Labute approximate surface area is 334 Å². The van der Waals surface area contributed by atoms with Crippen molar-refractivity contribution in [2.24, 2.45) is 5.73 Å². The lowest BCUT2D eigenvalue weighted by atomic mass is 10.1. The van der Waals surface area contributed by atoms with Gasteiger partial charge in [0.05, 0.1) is 13.2 Å². The number of unbranched alkanes of at least 4 members (excludes halogenated alkanes) is 11. The van der Waals surface area contributed by atoms with Crippen LogP contribution in [0.3, 0.4) is 0 Å². The molecule has 0 amide bonds. The van der Waals surface area contributed by atoms with Crippen LogP contribution in [0.25, 0.3) is 0 Å². The van der Waals surface area contributed by atoms with Gasteiger partial charge in [0.25, 0.3) is 0 Å². The molecule has 0 fully saturated rings. The Morgan fingerprint density at radius 3 is 1.51 bits per heavy atom. The third-order valence-corrected chi connectivity index (χ3v) is 9.28. The van der Waals surface area contributed by atoms with E-state index >= 15 is 0 Å². The minimum atomic E-state index is -4.41. The van der Waals surface area contributed by atoms with Crippen molar-refractivity contribution in [2.75, 3.05) is 26.4 Å². The molecule has 0 aromatic carbocycles. The second kappa shape index (κ2) is 40.8. The fraction of sp³-hybridized carbons (Fsp3) is 0.644. The van der Waals surface area contributed by atoms with Crippen molar-refractivity contribution in [1.82, 2.24) is 0 Å². The normalized spacial score (nSPS) is 14.2. The Bertz CT molecular complexity index is 1170. The highest BCUT2D eigenvalue weighted by Gasteiger charge is 2.25. The molecule has 0 rings (SSSR count). The Balaban J connectivity index is 4.36. The highest BCUT2D eigenvalue weighted by atomic mass is 31.2. The van der Waals surface area contributed by atoms with E-state index in [1.165, 1.54) is 64.2 Å². The van der Waals surface area contributed by atoms with Crippen molar-refractivity contribution in [3.63, 3.8) is 0 Å². The zero-order valence-corrected chi connectivity index (χ0v) is 35.3. The maximum Gasteiger partial charge on any atom is 0.472 e. The Morgan fingerprint density at radius 1 is 0.564 bits per heavy atom. The summed E-state index contributed by atoms with van der Waals surface area (Å²) in [7, 11) is -4.41. The summed E-state index contributed by atoms with van der Waals surface area (Å²) in [5, 5.41) is 0. The van der Waals surface area contributed by atoms with Crippen LogP contribution in [0.15, 0.2) is 85.1 Å². The molecule has 2 atom stereocenters. The Morgan fingerprint density at radius 2 is 1.00 bits per heavy atom. The van der Waals surface area contributed by atoms with E-state index < -0.39 is 32.5 Å². The molecular weight excluding hydrogens is 713 g/mol. The van der Waals surface area contributed by atoms with Crippen molar-refractivity contribution in [3.8, 4) is 0 Å². The lowest BCUT2D eigenvalue weighted by molar-refractivity contribution is -0.161. The maximum atomic E-state index is 12.5. The molecule has 0 heterocycles. The van der Waals surface area contributed by atoms with E-state index in [4.69, 9.17) is 24.3 Å². The molecule has 0 aliphatic rings. The standard InChI is InChI=1S/C45H76NO8P/c1-3-5-7-9-11-13-15-17-19-20-21-22-24-26-28-30-32-34-36-38-45(48)54-43(42-53-55(49,50)52-40-39-46)41-51-44(47)37-35-33-31-29-27-25-23-18-16-14-12-10-8-6-4-2/h5,7,11,13,17,19,21-22,26,28,31-34,43H,3-4,6,8-10,12,14-16,18,20,23-25,27,29-30,35-42,46H2,1-2H3,(H,49,50)/b7-5+,13-11+,19-17+,22-21+,28-26+,33-31+,34-32+/t43-/m1/s1. The molecule has 0 aromatic heterocycles. The molecule has 3 N–H and O–H groups in total. The van der Waals surface area contributed by atoms with Gasteiger partial charge in [-0.15, -0.1) is 0 Å². The van der Waals surface area contributed by atoms with E-state index in [2.05, 4.69) is 80.7 Å². The van der Waals surface area contributed by atoms with Crippen LogP contribution in [0.4, 0.5) is 0 Å². The summed E-state index contributed by atoms with van der Waals surface area (Å²) >= 11 is 0. The molecule has 0 aromatic rings. The number of phosphoric acid groups is 1. The molecule has 10 heteroatoms. The third kappa shape index (κ3) is 40.7. The summed E-state index contributed by atoms with van der Waals surface area (Å²) in [6, 6.07) is 0. The molecule has 9 nitrogen and oxygen atoms in total. The van der Waals surface area contributed by atoms with Gasteiger partial charge in [-0.1, -0.05) is 163 Å². The number of carbonyl (C=O) groups excluding carboxylic acids is 2. The Hall–Kier alpha value is -2.81. The Kier molecular flexibility index (Phi) is 38.8. The van der Waals surface area contributed by atoms with Crippen LogP contribution in [0.1, 0.15) is 155 Å². The van der Waals surface area contributed by atoms with Crippen molar-refractivity contribution < 1.29 is 37.6 Å². The van der Waals surface area contributed by atoms with E-state index in [1.54, 1.807) is 0 Å². The predicted molar refractivity (Wildman–Crippen MR) is 229 cm³/mol. The summed E-state index contributed by atoms with van der Waals surface area (Å²) in [6.45, 7) is 3.47. The van der Waals surface area contributed by atoms with Gasteiger partial charge in [-0.25, -0.2) is 4.57 Å². The van der Waals surface area contributed by atoms with Crippen LogP contribution >= 0.6 is 7.82 Å². The maximum absolute atomic E-state index is 12.5. The molecule has 0 aliphatic carbocycles.